The fourth-order valence-electron chi connectivity index (χ4n) is 2.35. The highest BCUT2D eigenvalue weighted by Gasteiger charge is 2.27. The van der Waals surface area contributed by atoms with E-state index in [4.69, 9.17) is 5.11 Å². The van der Waals surface area contributed by atoms with E-state index in [9.17, 15) is 13.2 Å². The number of rotatable bonds is 6. The third kappa shape index (κ3) is 3.01. The Labute approximate surface area is 118 Å². The van der Waals surface area contributed by atoms with Crippen molar-refractivity contribution in [3.05, 3.63) is 11.4 Å². The second-order valence-corrected chi connectivity index (χ2v) is 6.90. The fourth-order valence-corrected chi connectivity index (χ4v) is 3.87. The van der Waals surface area contributed by atoms with Crippen molar-refractivity contribution in [1.29, 1.82) is 0 Å². The average molecular weight is 301 g/mol. The lowest BCUT2D eigenvalue weighted by atomic mass is 9.86. The molecule has 1 aromatic rings. The molecule has 0 atom stereocenters. The monoisotopic (exact) mass is 301 g/mol. The first-order chi connectivity index (χ1) is 9.31. The Morgan fingerprint density at radius 1 is 1.45 bits per heavy atom. The number of carboxylic acid groups (broad SMARTS) is 1. The first-order valence-corrected chi connectivity index (χ1v) is 8.05. The van der Waals surface area contributed by atoms with E-state index in [0.717, 1.165) is 19.3 Å². The maximum Gasteiger partial charge on any atom is 0.325 e. The first kappa shape index (κ1) is 15.0. The van der Waals surface area contributed by atoms with E-state index < -0.39 is 16.0 Å². The molecule has 0 unspecified atom stereocenters. The third-order valence-corrected chi connectivity index (χ3v) is 5.33. The normalized spacial score (nSPS) is 16.1. The number of nitrogens with one attached hydrogen (secondary N) is 1. The summed E-state index contributed by atoms with van der Waals surface area (Å²) in [4.78, 5) is 10.8. The highest BCUT2D eigenvalue weighted by Crippen LogP contribution is 2.26. The van der Waals surface area contributed by atoms with Gasteiger partial charge in [0.25, 0.3) is 0 Å². The summed E-state index contributed by atoms with van der Waals surface area (Å²) in [6, 6.07) is 0. The predicted octanol–water partition coefficient (Wildman–Crippen LogP) is 0.663. The quantitative estimate of drug-likeness (QED) is 0.804. The highest BCUT2D eigenvalue weighted by atomic mass is 32.2. The summed E-state index contributed by atoms with van der Waals surface area (Å²) in [6.07, 6.45) is 3.26. The van der Waals surface area contributed by atoms with E-state index in [1.165, 1.54) is 4.68 Å². The summed E-state index contributed by atoms with van der Waals surface area (Å²) in [7, 11) is -3.63. The van der Waals surface area contributed by atoms with Crippen LogP contribution >= 0.6 is 0 Å². The van der Waals surface area contributed by atoms with Gasteiger partial charge in [0, 0.05) is 6.54 Å². The molecule has 1 aliphatic carbocycles. The molecule has 1 heterocycles. The van der Waals surface area contributed by atoms with Crippen LogP contribution in [-0.4, -0.2) is 35.8 Å². The van der Waals surface area contributed by atoms with Crippen LogP contribution in [0.1, 0.15) is 30.7 Å². The number of nitrogens with zero attached hydrogens (tertiary/aromatic N) is 2. The molecule has 8 heteroatoms. The van der Waals surface area contributed by atoms with Crippen LogP contribution in [0.25, 0.3) is 0 Å². The Hall–Kier alpha value is -1.41. The number of hydrogen-bond acceptors (Lipinski definition) is 4. The molecule has 0 amide bonds. The second-order valence-electron chi connectivity index (χ2n) is 5.20. The lowest BCUT2D eigenvalue weighted by Crippen LogP contribution is -2.32. The predicted molar refractivity (Wildman–Crippen MR) is 71.9 cm³/mol. The van der Waals surface area contributed by atoms with Crippen molar-refractivity contribution in [3.63, 3.8) is 0 Å². The van der Waals surface area contributed by atoms with Crippen LogP contribution < -0.4 is 4.72 Å². The molecular formula is C12H19N3O4S. The van der Waals surface area contributed by atoms with Crippen LogP contribution in [0.4, 0.5) is 0 Å². The van der Waals surface area contributed by atoms with E-state index in [0.29, 0.717) is 23.9 Å². The molecule has 2 N–H and O–H groups in total. The van der Waals surface area contributed by atoms with Gasteiger partial charge in [-0.25, -0.2) is 13.1 Å². The number of sulfonamides is 1. The van der Waals surface area contributed by atoms with Crippen LogP contribution in [0, 0.1) is 19.8 Å². The van der Waals surface area contributed by atoms with Gasteiger partial charge in [-0.1, -0.05) is 6.42 Å². The van der Waals surface area contributed by atoms with Gasteiger partial charge in [-0.15, -0.1) is 0 Å². The molecular weight excluding hydrogens is 282 g/mol. The Morgan fingerprint density at radius 2 is 2.10 bits per heavy atom. The third-order valence-electron chi connectivity index (χ3n) is 3.66. The summed E-state index contributed by atoms with van der Waals surface area (Å²) in [5.41, 5.74) is 0.677. The molecule has 0 spiro atoms. The van der Waals surface area contributed by atoms with Gasteiger partial charge >= 0.3 is 5.97 Å². The molecule has 1 aliphatic rings. The van der Waals surface area contributed by atoms with Gasteiger partial charge in [0.15, 0.2) is 0 Å². The summed E-state index contributed by atoms with van der Waals surface area (Å²) < 4.78 is 28.4. The van der Waals surface area contributed by atoms with Crippen LogP contribution in [0.2, 0.25) is 0 Å². The summed E-state index contributed by atoms with van der Waals surface area (Å²) in [5.74, 6) is -0.638. The molecule has 20 heavy (non-hydrogen) atoms. The number of aliphatic carboxylic acids is 1. The molecule has 0 bridgehead atoms. The smallest absolute Gasteiger partial charge is 0.325 e. The van der Waals surface area contributed by atoms with Crippen LogP contribution in [0.15, 0.2) is 4.90 Å². The number of aromatic nitrogens is 2. The van der Waals surface area contributed by atoms with Crippen molar-refractivity contribution in [2.45, 2.75) is 44.6 Å². The van der Waals surface area contributed by atoms with Gasteiger partial charge in [-0.3, -0.25) is 9.48 Å². The van der Waals surface area contributed by atoms with Gasteiger partial charge < -0.3 is 5.11 Å². The standard InChI is InChI=1S/C12H19N3O4S/c1-8-12(9(2)15(14-8)7-11(16)17)20(18,19)13-6-10-4-3-5-10/h10,13H,3-7H2,1-2H3,(H,16,17). The topological polar surface area (TPSA) is 101 Å². The molecule has 1 saturated carbocycles. The van der Waals surface area contributed by atoms with Gasteiger partial charge in [-0.2, -0.15) is 5.10 Å². The summed E-state index contributed by atoms with van der Waals surface area (Å²) in [5, 5.41) is 12.8. The van der Waals surface area contributed by atoms with E-state index in [1.807, 2.05) is 0 Å². The van der Waals surface area contributed by atoms with Crippen LogP contribution in [-0.2, 0) is 21.4 Å². The number of aryl methyl sites for hydroxylation is 1. The zero-order valence-electron chi connectivity index (χ0n) is 11.6. The lowest BCUT2D eigenvalue weighted by molar-refractivity contribution is -0.137. The molecule has 2 rings (SSSR count). The van der Waals surface area contributed by atoms with E-state index in [-0.39, 0.29) is 11.4 Å². The van der Waals surface area contributed by atoms with Crippen molar-refractivity contribution in [1.82, 2.24) is 14.5 Å². The maximum absolute atomic E-state index is 12.3. The van der Waals surface area contributed by atoms with E-state index >= 15 is 0 Å². The van der Waals surface area contributed by atoms with Crippen LogP contribution in [0.3, 0.4) is 0 Å². The van der Waals surface area contributed by atoms with Crippen LogP contribution in [0.5, 0.6) is 0 Å². The minimum Gasteiger partial charge on any atom is -0.480 e. The summed E-state index contributed by atoms with van der Waals surface area (Å²) >= 11 is 0. The Kier molecular flexibility index (Phi) is 4.14. The zero-order valence-corrected chi connectivity index (χ0v) is 12.4. The second kappa shape index (κ2) is 5.53. The molecule has 1 fully saturated rings. The van der Waals surface area contributed by atoms with Gasteiger partial charge in [0.05, 0.1) is 11.4 Å². The number of carboxylic acids is 1. The Balaban J connectivity index is 2.21. The number of hydrogen-bond donors (Lipinski definition) is 2. The van der Waals surface area contributed by atoms with Gasteiger partial charge in [0.2, 0.25) is 10.0 Å². The molecule has 0 aliphatic heterocycles. The zero-order chi connectivity index (χ0) is 14.9. The van der Waals surface area contributed by atoms with Crippen molar-refractivity contribution < 1.29 is 18.3 Å². The summed E-state index contributed by atoms with van der Waals surface area (Å²) in [6.45, 7) is 3.24. The SMILES string of the molecule is Cc1nn(CC(=O)O)c(C)c1S(=O)(=O)NCC1CCC1. The fraction of sp³-hybridized carbons (Fsp3) is 0.667. The minimum absolute atomic E-state index is 0.0954. The highest BCUT2D eigenvalue weighted by molar-refractivity contribution is 7.89. The average Bonchev–Trinajstić information content (AvgIpc) is 2.51. The first-order valence-electron chi connectivity index (χ1n) is 6.56. The van der Waals surface area contributed by atoms with Crippen molar-refractivity contribution in [3.8, 4) is 0 Å². The van der Waals surface area contributed by atoms with E-state index in [2.05, 4.69) is 9.82 Å². The molecule has 0 aromatic carbocycles. The van der Waals surface area contributed by atoms with Gasteiger partial charge in [0.1, 0.15) is 11.4 Å². The molecule has 1 aromatic heterocycles. The number of carbonyl (C=O) groups is 1. The largest absolute Gasteiger partial charge is 0.480 e. The molecule has 112 valence electrons. The van der Waals surface area contributed by atoms with Crippen molar-refractivity contribution in [2.24, 2.45) is 5.92 Å². The van der Waals surface area contributed by atoms with Gasteiger partial charge in [-0.05, 0) is 32.6 Å². The molecule has 0 saturated heterocycles. The Morgan fingerprint density at radius 3 is 2.60 bits per heavy atom. The molecule has 7 nitrogen and oxygen atoms in total. The Bertz CT molecular complexity index is 617. The minimum atomic E-state index is -3.63. The maximum atomic E-state index is 12.3. The van der Waals surface area contributed by atoms with Crippen molar-refractivity contribution in [2.75, 3.05) is 6.54 Å². The van der Waals surface area contributed by atoms with E-state index in [1.54, 1.807) is 13.8 Å². The van der Waals surface area contributed by atoms with Crippen molar-refractivity contribution >= 4 is 16.0 Å². The molecule has 0 radical (unpaired) electrons. The lowest BCUT2D eigenvalue weighted by Gasteiger charge is -2.25.